The van der Waals surface area contributed by atoms with E-state index >= 15 is 0 Å². The minimum absolute atomic E-state index is 0. The summed E-state index contributed by atoms with van der Waals surface area (Å²) in [6, 6.07) is 0. The fourth-order valence-electron chi connectivity index (χ4n) is 1.99. The van der Waals surface area contributed by atoms with Gasteiger partial charge in [-0.3, -0.25) is 4.99 Å². The Balaban J connectivity index is 0.00000441. The standard InChI is InChI=1S/C15H28N4S2.HI/c1-5-16-15(17-9-6-7-11-20-4)18-10-8-14-12(2)19-13(3)21-14;/h5-11H2,1-4H3,(H2,16,17,18);1H. The highest BCUT2D eigenvalue weighted by Crippen LogP contribution is 2.16. The number of aromatic nitrogens is 1. The number of thioether (sulfide) groups is 1. The summed E-state index contributed by atoms with van der Waals surface area (Å²) >= 11 is 3.69. The van der Waals surface area contributed by atoms with Crippen molar-refractivity contribution in [3.8, 4) is 0 Å². The van der Waals surface area contributed by atoms with Gasteiger partial charge in [-0.05, 0) is 45.6 Å². The third-order valence-electron chi connectivity index (χ3n) is 3.01. The first kappa shape index (κ1) is 22.0. The number of hydrogen-bond donors (Lipinski definition) is 2. The van der Waals surface area contributed by atoms with E-state index in [4.69, 9.17) is 0 Å². The normalized spacial score (nSPS) is 11.2. The van der Waals surface area contributed by atoms with E-state index in [1.54, 1.807) is 11.3 Å². The van der Waals surface area contributed by atoms with Gasteiger partial charge in [-0.25, -0.2) is 4.98 Å². The van der Waals surface area contributed by atoms with Crippen molar-refractivity contribution in [3.63, 3.8) is 0 Å². The van der Waals surface area contributed by atoms with Crippen LogP contribution in [-0.4, -0.2) is 42.6 Å². The van der Waals surface area contributed by atoms with Crippen LogP contribution < -0.4 is 10.6 Å². The summed E-state index contributed by atoms with van der Waals surface area (Å²) in [5, 5.41) is 7.86. The Hall–Kier alpha value is -0.0200. The molecule has 0 unspecified atom stereocenters. The Labute approximate surface area is 160 Å². The lowest BCUT2D eigenvalue weighted by atomic mass is 10.3. The molecule has 1 aromatic heterocycles. The second-order valence-electron chi connectivity index (χ2n) is 4.88. The average molecular weight is 456 g/mol. The van der Waals surface area contributed by atoms with Crippen LogP contribution >= 0.6 is 47.1 Å². The van der Waals surface area contributed by atoms with Gasteiger partial charge in [-0.15, -0.1) is 35.3 Å². The Morgan fingerprint density at radius 1 is 1.27 bits per heavy atom. The summed E-state index contributed by atoms with van der Waals surface area (Å²) in [4.78, 5) is 10.5. The predicted molar refractivity (Wildman–Crippen MR) is 112 cm³/mol. The first-order chi connectivity index (χ1) is 10.2. The van der Waals surface area contributed by atoms with Crippen LogP contribution in [0.3, 0.4) is 0 Å². The molecule has 0 bridgehead atoms. The summed E-state index contributed by atoms with van der Waals surface area (Å²) in [5.74, 6) is 2.16. The maximum absolute atomic E-state index is 4.62. The van der Waals surface area contributed by atoms with E-state index in [9.17, 15) is 0 Å². The molecule has 0 aliphatic heterocycles. The number of aryl methyl sites for hydroxylation is 2. The highest BCUT2D eigenvalue weighted by molar-refractivity contribution is 14.0. The smallest absolute Gasteiger partial charge is 0.191 e. The molecule has 0 aromatic carbocycles. The van der Waals surface area contributed by atoms with Crippen LogP contribution in [0.15, 0.2) is 4.99 Å². The minimum Gasteiger partial charge on any atom is -0.357 e. The van der Waals surface area contributed by atoms with Crippen LogP contribution in [0.25, 0.3) is 0 Å². The summed E-state index contributed by atoms with van der Waals surface area (Å²) in [7, 11) is 0. The Morgan fingerprint density at radius 3 is 2.64 bits per heavy atom. The lowest BCUT2D eigenvalue weighted by Gasteiger charge is -2.10. The minimum atomic E-state index is 0. The molecule has 128 valence electrons. The molecule has 1 rings (SSSR count). The molecule has 2 N–H and O–H groups in total. The SMILES string of the molecule is CCNC(=NCCCCSC)NCCc1sc(C)nc1C.I. The van der Waals surface area contributed by atoms with Crippen molar-refractivity contribution in [2.45, 2.75) is 40.0 Å². The molecule has 0 amide bonds. The van der Waals surface area contributed by atoms with Crippen molar-refractivity contribution in [1.82, 2.24) is 15.6 Å². The van der Waals surface area contributed by atoms with E-state index < -0.39 is 0 Å². The number of guanidine groups is 1. The molecule has 0 saturated carbocycles. The Bertz CT molecular complexity index is 435. The largest absolute Gasteiger partial charge is 0.357 e. The first-order valence-electron chi connectivity index (χ1n) is 7.61. The van der Waals surface area contributed by atoms with Gasteiger partial charge >= 0.3 is 0 Å². The highest BCUT2D eigenvalue weighted by atomic mass is 127. The highest BCUT2D eigenvalue weighted by Gasteiger charge is 2.04. The molecule has 0 aliphatic carbocycles. The van der Waals surface area contributed by atoms with Gasteiger partial charge in [0.05, 0.1) is 10.7 Å². The zero-order chi connectivity index (χ0) is 15.5. The van der Waals surface area contributed by atoms with Crippen LogP contribution in [0, 0.1) is 13.8 Å². The number of nitrogens with zero attached hydrogens (tertiary/aromatic N) is 2. The molecule has 1 aromatic rings. The van der Waals surface area contributed by atoms with Gasteiger partial charge in [0.2, 0.25) is 0 Å². The second-order valence-corrected chi connectivity index (χ2v) is 7.15. The van der Waals surface area contributed by atoms with E-state index in [1.165, 1.54) is 22.7 Å². The number of unbranched alkanes of at least 4 members (excludes halogenated alkanes) is 1. The van der Waals surface area contributed by atoms with Crippen molar-refractivity contribution in [2.75, 3.05) is 31.6 Å². The zero-order valence-electron chi connectivity index (χ0n) is 14.1. The molecule has 7 heteroatoms. The molecule has 22 heavy (non-hydrogen) atoms. The van der Waals surface area contributed by atoms with Crippen molar-refractivity contribution in [1.29, 1.82) is 0 Å². The van der Waals surface area contributed by atoms with Crippen molar-refractivity contribution in [3.05, 3.63) is 15.6 Å². The van der Waals surface area contributed by atoms with E-state index in [2.05, 4.69) is 47.6 Å². The molecule has 0 radical (unpaired) electrons. The van der Waals surface area contributed by atoms with Gasteiger partial charge in [0.25, 0.3) is 0 Å². The molecular formula is C15H29IN4S2. The Morgan fingerprint density at radius 2 is 2.05 bits per heavy atom. The third-order valence-corrected chi connectivity index (χ3v) is 4.84. The fraction of sp³-hybridized carbons (Fsp3) is 0.733. The van der Waals surface area contributed by atoms with Gasteiger partial charge < -0.3 is 10.6 Å². The predicted octanol–water partition coefficient (Wildman–Crippen LogP) is 3.62. The van der Waals surface area contributed by atoms with Crippen molar-refractivity contribution >= 4 is 53.0 Å². The number of rotatable bonds is 9. The van der Waals surface area contributed by atoms with Gasteiger partial charge in [-0.1, -0.05) is 0 Å². The molecule has 0 saturated heterocycles. The fourth-order valence-corrected chi connectivity index (χ4v) is 3.42. The van der Waals surface area contributed by atoms with Gasteiger partial charge in [0.15, 0.2) is 5.96 Å². The second kappa shape index (κ2) is 13.4. The number of thiazole rings is 1. The molecule has 0 aliphatic rings. The topological polar surface area (TPSA) is 49.3 Å². The summed E-state index contributed by atoms with van der Waals surface area (Å²) in [5.41, 5.74) is 1.17. The monoisotopic (exact) mass is 456 g/mol. The lowest BCUT2D eigenvalue weighted by molar-refractivity contribution is 0.771. The van der Waals surface area contributed by atoms with Crippen LogP contribution in [0.1, 0.15) is 35.3 Å². The summed E-state index contributed by atoms with van der Waals surface area (Å²) in [6.07, 6.45) is 5.56. The molecule has 0 spiro atoms. The number of aliphatic imine (C=N–C) groups is 1. The lowest BCUT2D eigenvalue weighted by Crippen LogP contribution is -2.38. The first-order valence-corrected chi connectivity index (χ1v) is 9.82. The maximum Gasteiger partial charge on any atom is 0.191 e. The molecule has 1 heterocycles. The van der Waals surface area contributed by atoms with E-state index in [-0.39, 0.29) is 24.0 Å². The number of nitrogens with one attached hydrogen (secondary N) is 2. The molecule has 4 nitrogen and oxygen atoms in total. The van der Waals surface area contributed by atoms with Gasteiger partial charge in [-0.2, -0.15) is 11.8 Å². The van der Waals surface area contributed by atoms with Gasteiger partial charge in [0, 0.05) is 30.9 Å². The summed E-state index contributed by atoms with van der Waals surface area (Å²) in [6.45, 7) is 8.95. The van der Waals surface area contributed by atoms with Crippen LogP contribution in [-0.2, 0) is 6.42 Å². The average Bonchev–Trinajstić information content (AvgIpc) is 2.77. The van der Waals surface area contributed by atoms with Crippen LogP contribution in [0.5, 0.6) is 0 Å². The van der Waals surface area contributed by atoms with Crippen LogP contribution in [0.4, 0.5) is 0 Å². The number of halogens is 1. The van der Waals surface area contributed by atoms with E-state index in [1.807, 2.05) is 11.8 Å². The summed E-state index contributed by atoms with van der Waals surface area (Å²) < 4.78 is 0. The van der Waals surface area contributed by atoms with Gasteiger partial charge in [0.1, 0.15) is 0 Å². The number of hydrogen-bond acceptors (Lipinski definition) is 4. The Kier molecular flexibility index (Phi) is 13.4. The molecule has 0 atom stereocenters. The zero-order valence-corrected chi connectivity index (χ0v) is 18.0. The maximum atomic E-state index is 4.62. The van der Waals surface area contributed by atoms with Crippen molar-refractivity contribution in [2.24, 2.45) is 4.99 Å². The van der Waals surface area contributed by atoms with Crippen molar-refractivity contribution < 1.29 is 0 Å². The van der Waals surface area contributed by atoms with Crippen LogP contribution in [0.2, 0.25) is 0 Å². The molecular weight excluding hydrogens is 427 g/mol. The van der Waals surface area contributed by atoms with E-state index in [0.717, 1.165) is 43.4 Å². The quantitative estimate of drug-likeness (QED) is 0.258. The third kappa shape index (κ3) is 9.19. The molecule has 0 fully saturated rings. The van der Waals surface area contributed by atoms with E-state index in [0.29, 0.717) is 0 Å².